The molecule has 4 aliphatic rings. The fourth-order valence-corrected chi connectivity index (χ4v) is 6.56. The third-order valence-corrected chi connectivity index (χ3v) is 8.80. The van der Waals surface area contributed by atoms with Crippen LogP contribution in [0.3, 0.4) is 0 Å². The minimum absolute atomic E-state index is 0.134. The normalized spacial score (nSPS) is 27.9. The van der Waals surface area contributed by atoms with E-state index in [1.54, 1.807) is 4.90 Å². The predicted octanol–water partition coefficient (Wildman–Crippen LogP) is 2.45. The van der Waals surface area contributed by atoms with Gasteiger partial charge in [0.25, 0.3) is 0 Å². The average Bonchev–Trinajstić information content (AvgIpc) is 3.25. The Bertz CT molecular complexity index is 696. The molecule has 0 N–H and O–H groups in total. The Morgan fingerprint density at radius 3 is 2.33 bits per heavy atom. The van der Waals surface area contributed by atoms with E-state index in [1.165, 1.54) is 84.8 Å². The standard InChI is InChI=1S/C27H49N5O4/c1-28-22-25(36-27(28)34)32-20-17-30(14-8-12-26(33)35-2)21-24(32)11-6-7-13-29-15-18-31(19-16-29)23-9-4-3-5-10-23/h23-25H,3-22H2,1-2H3. The molecule has 9 heteroatoms. The minimum atomic E-state index is -0.216. The molecule has 1 aliphatic carbocycles. The van der Waals surface area contributed by atoms with Gasteiger partial charge in [0.05, 0.1) is 13.7 Å². The van der Waals surface area contributed by atoms with Gasteiger partial charge in [0.1, 0.15) is 0 Å². The molecule has 206 valence electrons. The highest BCUT2D eigenvalue weighted by Crippen LogP contribution is 2.25. The zero-order chi connectivity index (χ0) is 25.3. The SMILES string of the molecule is COC(=O)CCCN1CCN(C2CN(C)C(=O)O2)C(CCCCN2CCN(C3CCCCC3)CC2)C1. The maximum absolute atomic E-state index is 12.0. The smallest absolute Gasteiger partial charge is 0.411 e. The molecule has 0 aromatic carbocycles. The summed E-state index contributed by atoms with van der Waals surface area (Å²) in [5, 5.41) is 0. The summed E-state index contributed by atoms with van der Waals surface area (Å²) in [7, 11) is 3.27. The van der Waals surface area contributed by atoms with E-state index in [9.17, 15) is 9.59 Å². The first kappa shape index (κ1) is 27.6. The van der Waals surface area contributed by atoms with Crippen LogP contribution in [0.2, 0.25) is 0 Å². The second-order valence-corrected chi connectivity index (χ2v) is 11.3. The number of hydrogen-bond acceptors (Lipinski definition) is 8. The largest absolute Gasteiger partial charge is 0.469 e. The highest BCUT2D eigenvalue weighted by Gasteiger charge is 2.38. The van der Waals surface area contributed by atoms with Crippen LogP contribution in [0.15, 0.2) is 0 Å². The van der Waals surface area contributed by atoms with Crippen LogP contribution in [0.25, 0.3) is 0 Å². The maximum Gasteiger partial charge on any atom is 0.411 e. The van der Waals surface area contributed by atoms with Crippen molar-refractivity contribution in [3.05, 3.63) is 0 Å². The summed E-state index contributed by atoms with van der Waals surface area (Å²) in [5.41, 5.74) is 0. The summed E-state index contributed by atoms with van der Waals surface area (Å²) < 4.78 is 10.5. The molecular weight excluding hydrogens is 458 g/mol. The van der Waals surface area contributed by atoms with Gasteiger partial charge in [-0.15, -0.1) is 0 Å². The molecule has 3 saturated heterocycles. The van der Waals surface area contributed by atoms with Crippen LogP contribution in [0.5, 0.6) is 0 Å². The fourth-order valence-electron chi connectivity index (χ4n) is 6.56. The lowest BCUT2D eigenvalue weighted by atomic mass is 9.94. The van der Waals surface area contributed by atoms with E-state index in [0.717, 1.165) is 45.1 Å². The number of hydrogen-bond donors (Lipinski definition) is 0. The van der Waals surface area contributed by atoms with Gasteiger partial charge in [0.15, 0.2) is 6.23 Å². The molecule has 36 heavy (non-hydrogen) atoms. The van der Waals surface area contributed by atoms with E-state index in [0.29, 0.717) is 19.0 Å². The summed E-state index contributed by atoms with van der Waals surface area (Å²) in [4.78, 5) is 35.5. The number of esters is 1. The lowest BCUT2D eigenvalue weighted by molar-refractivity contribution is -0.140. The third-order valence-electron chi connectivity index (χ3n) is 8.80. The van der Waals surface area contributed by atoms with Crippen molar-refractivity contribution >= 4 is 12.1 Å². The van der Waals surface area contributed by atoms with Gasteiger partial charge < -0.3 is 24.2 Å². The first-order valence-electron chi connectivity index (χ1n) is 14.5. The lowest BCUT2D eigenvalue weighted by Crippen LogP contribution is -2.57. The number of carbonyl (C=O) groups is 2. The monoisotopic (exact) mass is 507 g/mol. The summed E-state index contributed by atoms with van der Waals surface area (Å²) in [6.45, 7) is 10.5. The zero-order valence-electron chi connectivity index (χ0n) is 22.7. The average molecular weight is 508 g/mol. The van der Waals surface area contributed by atoms with Gasteiger partial charge in [0.2, 0.25) is 0 Å². The van der Waals surface area contributed by atoms with Crippen LogP contribution in [-0.2, 0) is 14.3 Å². The molecule has 0 bridgehead atoms. The molecule has 4 rings (SSSR count). The van der Waals surface area contributed by atoms with Crippen molar-refractivity contribution in [3.63, 3.8) is 0 Å². The number of likely N-dealkylation sites (N-methyl/N-ethyl adjacent to an activating group) is 1. The van der Waals surface area contributed by atoms with Gasteiger partial charge in [-0.05, 0) is 45.2 Å². The molecule has 1 saturated carbocycles. The molecule has 0 aromatic rings. The van der Waals surface area contributed by atoms with Gasteiger partial charge in [0, 0.05) is 71.4 Å². The van der Waals surface area contributed by atoms with Gasteiger partial charge >= 0.3 is 12.1 Å². The number of cyclic esters (lactones) is 1. The topological polar surface area (TPSA) is 68.8 Å². The Balaban J connectivity index is 1.20. The zero-order valence-corrected chi connectivity index (χ0v) is 22.7. The van der Waals surface area contributed by atoms with Crippen molar-refractivity contribution in [2.75, 3.05) is 79.6 Å². The van der Waals surface area contributed by atoms with E-state index in [1.807, 2.05) is 7.05 Å². The molecule has 4 fully saturated rings. The first-order valence-corrected chi connectivity index (χ1v) is 14.5. The van der Waals surface area contributed by atoms with Crippen LogP contribution in [-0.4, -0.2) is 134 Å². The van der Waals surface area contributed by atoms with Crippen molar-refractivity contribution in [2.24, 2.45) is 0 Å². The third kappa shape index (κ3) is 7.79. The fraction of sp³-hybridized carbons (Fsp3) is 0.926. The number of unbranched alkanes of at least 4 members (excludes halogenated alkanes) is 1. The number of methoxy groups -OCH3 is 1. The van der Waals surface area contributed by atoms with Gasteiger partial charge in [-0.25, -0.2) is 4.79 Å². The molecule has 3 heterocycles. The summed E-state index contributed by atoms with van der Waals surface area (Å²) >= 11 is 0. The summed E-state index contributed by atoms with van der Waals surface area (Å²) in [6.07, 6.45) is 11.6. The number of amides is 1. The molecule has 0 spiro atoms. The first-order chi connectivity index (χ1) is 17.5. The molecule has 1 amide bonds. The van der Waals surface area contributed by atoms with Crippen molar-refractivity contribution in [1.29, 1.82) is 0 Å². The molecule has 3 aliphatic heterocycles. The number of rotatable bonds is 11. The number of nitrogens with zero attached hydrogens (tertiary/aromatic N) is 5. The second kappa shape index (κ2) is 13.9. The lowest BCUT2D eigenvalue weighted by Gasteiger charge is -2.43. The van der Waals surface area contributed by atoms with E-state index in [-0.39, 0.29) is 18.3 Å². The van der Waals surface area contributed by atoms with Crippen LogP contribution in [0.4, 0.5) is 4.79 Å². The van der Waals surface area contributed by atoms with Crippen molar-refractivity contribution in [2.45, 2.75) is 82.5 Å². The minimum Gasteiger partial charge on any atom is -0.469 e. The summed E-state index contributed by atoms with van der Waals surface area (Å²) in [6, 6.07) is 1.22. The molecule has 2 atom stereocenters. The summed E-state index contributed by atoms with van der Waals surface area (Å²) in [5.74, 6) is -0.134. The Labute approximate surface area is 218 Å². The Kier molecular flexibility index (Phi) is 10.7. The number of piperazine rings is 2. The molecule has 0 aromatic heterocycles. The van der Waals surface area contributed by atoms with Crippen molar-refractivity contribution in [3.8, 4) is 0 Å². The van der Waals surface area contributed by atoms with E-state index in [2.05, 4.69) is 19.6 Å². The molecular formula is C27H49N5O4. The second-order valence-electron chi connectivity index (χ2n) is 11.3. The van der Waals surface area contributed by atoms with Crippen LogP contribution >= 0.6 is 0 Å². The van der Waals surface area contributed by atoms with Crippen molar-refractivity contribution in [1.82, 2.24) is 24.5 Å². The Hall–Kier alpha value is -1.42. The van der Waals surface area contributed by atoms with Crippen molar-refractivity contribution < 1.29 is 19.1 Å². The molecule has 0 radical (unpaired) electrons. The van der Waals surface area contributed by atoms with Gasteiger partial charge in [-0.3, -0.25) is 14.6 Å². The Morgan fingerprint density at radius 2 is 1.64 bits per heavy atom. The van der Waals surface area contributed by atoms with E-state index < -0.39 is 0 Å². The highest BCUT2D eigenvalue weighted by molar-refractivity contribution is 5.69. The quantitative estimate of drug-likeness (QED) is 0.312. The van der Waals surface area contributed by atoms with E-state index in [4.69, 9.17) is 9.47 Å². The highest BCUT2D eigenvalue weighted by atomic mass is 16.6. The maximum atomic E-state index is 12.0. The van der Waals surface area contributed by atoms with Crippen LogP contribution in [0.1, 0.15) is 64.2 Å². The Morgan fingerprint density at radius 1 is 0.917 bits per heavy atom. The number of carbonyl (C=O) groups excluding carboxylic acids is 2. The van der Waals surface area contributed by atoms with Gasteiger partial charge in [-0.1, -0.05) is 25.7 Å². The molecule has 2 unspecified atom stereocenters. The van der Waals surface area contributed by atoms with Crippen LogP contribution in [0, 0.1) is 0 Å². The predicted molar refractivity (Wildman–Crippen MR) is 140 cm³/mol. The van der Waals surface area contributed by atoms with Crippen LogP contribution < -0.4 is 0 Å². The van der Waals surface area contributed by atoms with Gasteiger partial charge in [-0.2, -0.15) is 0 Å². The number of ether oxygens (including phenoxy) is 2. The molecule has 9 nitrogen and oxygen atoms in total. The van der Waals surface area contributed by atoms with E-state index >= 15 is 0 Å².